The summed E-state index contributed by atoms with van der Waals surface area (Å²) in [6.07, 6.45) is 5.92. The maximum Gasteiger partial charge on any atom is 0.305 e. The van der Waals surface area contributed by atoms with Gasteiger partial charge in [0.25, 0.3) is 0 Å². The molecule has 0 aromatic rings. The molecular weight excluding hydrogens is 741 g/mol. The monoisotopic (exact) mass is 809 g/mol. The summed E-state index contributed by atoms with van der Waals surface area (Å²) in [5.41, 5.74) is 0. The molecule has 0 aliphatic heterocycles. The Morgan fingerprint density at radius 2 is 0.881 bits per heavy atom. The molecular formula is C27H68IrO14. The fourth-order valence-electron chi connectivity index (χ4n) is 0.318. The van der Waals surface area contributed by atoms with Crippen molar-refractivity contribution in [3.8, 4) is 0 Å². The van der Waals surface area contributed by atoms with Crippen LogP contribution >= 0.6 is 0 Å². The molecule has 0 heterocycles. The van der Waals surface area contributed by atoms with E-state index in [1.807, 2.05) is 34.6 Å². The number of ether oxygens (including phenoxy) is 1. The minimum Gasteiger partial charge on any atom is -0.481 e. The minimum atomic E-state index is -1.12. The molecule has 0 unspecified atom stereocenters. The molecule has 1 radical (unpaired) electrons. The maximum absolute atomic E-state index is 10.3. The standard InChI is InChI=1S/C6H12O2.C3H8O2.2C3H6O2.2C3H8O.2C3H6O.Ir.2H2O.2H2/c1-3-5-8-6(7)4-2;3*1-2-3(4)5;4*1-2-3-4;;;;;/h3-5H2,1-2H3;3-5H,2H2,1H3;2*2H2,1H3,(H,4,5);2*4H,2-3H2,1H3;2*3H,2H2,1H3;;2*1H2;2*1H. The van der Waals surface area contributed by atoms with Gasteiger partial charge in [0.05, 0.1) is 6.61 Å². The Balaban J connectivity index is -0.0000000226. The second-order valence-electron chi connectivity index (χ2n) is 6.55. The van der Waals surface area contributed by atoms with Crippen molar-refractivity contribution in [2.45, 2.75) is 126 Å². The molecule has 0 saturated carbocycles. The van der Waals surface area contributed by atoms with Crippen LogP contribution in [-0.4, -0.2) is 98.2 Å². The number of hydrogen-bond acceptors (Lipinski definition) is 10. The number of rotatable bonds is 10. The van der Waals surface area contributed by atoms with Crippen molar-refractivity contribution in [3.05, 3.63) is 0 Å². The van der Waals surface area contributed by atoms with Crippen molar-refractivity contribution in [3.63, 3.8) is 0 Å². The van der Waals surface area contributed by atoms with E-state index in [-0.39, 0.29) is 52.7 Å². The van der Waals surface area contributed by atoms with Gasteiger partial charge in [-0.05, 0) is 25.7 Å². The summed E-state index contributed by atoms with van der Waals surface area (Å²) >= 11 is 0. The fourth-order valence-corrected chi connectivity index (χ4v) is 0.318. The van der Waals surface area contributed by atoms with Crippen LogP contribution in [0.4, 0.5) is 0 Å². The van der Waals surface area contributed by atoms with Gasteiger partial charge >= 0.3 is 17.9 Å². The van der Waals surface area contributed by atoms with Crippen LogP contribution in [0.3, 0.4) is 0 Å². The van der Waals surface area contributed by atoms with Crippen molar-refractivity contribution in [1.29, 1.82) is 0 Å². The molecule has 269 valence electrons. The summed E-state index contributed by atoms with van der Waals surface area (Å²) < 4.78 is 4.70. The van der Waals surface area contributed by atoms with E-state index in [1.165, 1.54) is 0 Å². The molecule has 42 heavy (non-hydrogen) atoms. The van der Waals surface area contributed by atoms with Crippen LogP contribution in [0.25, 0.3) is 0 Å². The zero-order chi connectivity index (χ0) is 32.9. The Kier molecular flexibility index (Phi) is 155. The average molecular weight is 809 g/mol. The molecule has 0 rings (SSSR count). The molecule has 0 aromatic heterocycles. The van der Waals surface area contributed by atoms with E-state index < -0.39 is 18.2 Å². The van der Waals surface area contributed by atoms with E-state index in [0.29, 0.717) is 45.5 Å². The first kappa shape index (κ1) is 72.4. The van der Waals surface area contributed by atoms with Crippen molar-refractivity contribution < 1.29 is 93.3 Å². The second-order valence-corrected chi connectivity index (χ2v) is 6.55. The summed E-state index contributed by atoms with van der Waals surface area (Å²) in [5.74, 6) is -1.60. The number of hydrogen-bond donors (Lipinski definition) is 6. The Morgan fingerprint density at radius 3 is 0.952 bits per heavy atom. The van der Waals surface area contributed by atoms with Crippen LogP contribution in [-0.2, 0) is 48.8 Å². The number of aliphatic carboxylic acids is 2. The Bertz CT molecular complexity index is 434. The van der Waals surface area contributed by atoms with E-state index in [1.54, 1.807) is 27.7 Å². The molecule has 0 amide bonds. The Hall–Kier alpha value is -1.84. The van der Waals surface area contributed by atoms with Crippen LogP contribution < -0.4 is 0 Å². The van der Waals surface area contributed by atoms with E-state index in [2.05, 4.69) is 0 Å². The number of aliphatic hydroxyl groups is 4. The third kappa shape index (κ3) is 263. The van der Waals surface area contributed by atoms with Gasteiger partial charge in [-0.2, -0.15) is 0 Å². The molecule has 0 bridgehead atoms. The van der Waals surface area contributed by atoms with Crippen molar-refractivity contribution >= 4 is 30.5 Å². The Morgan fingerprint density at radius 1 is 0.667 bits per heavy atom. The summed E-state index contributed by atoms with van der Waals surface area (Å²) in [5, 5.41) is 47.0. The first-order valence-corrected chi connectivity index (χ1v) is 13.3. The molecule has 0 aliphatic rings. The van der Waals surface area contributed by atoms with Gasteiger partial charge in [-0.15, -0.1) is 0 Å². The summed E-state index contributed by atoms with van der Waals surface area (Å²) in [4.78, 5) is 47.4. The molecule has 15 heteroatoms. The minimum absolute atomic E-state index is 0. The van der Waals surface area contributed by atoms with Gasteiger partial charge < -0.3 is 55.9 Å². The molecule has 10 N–H and O–H groups in total. The first-order chi connectivity index (χ1) is 18.3. The van der Waals surface area contributed by atoms with Crippen LogP contribution in [0.2, 0.25) is 0 Å². The zero-order valence-electron chi connectivity index (χ0n) is 27.2. The van der Waals surface area contributed by atoms with Gasteiger partial charge in [0.15, 0.2) is 6.29 Å². The average Bonchev–Trinajstić information content (AvgIpc) is 2.96. The third-order valence-corrected chi connectivity index (χ3v) is 2.51. The zero-order valence-corrected chi connectivity index (χ0v) is 29.6. The van der Waals surface area contributed by atoms with Crippen molar-refractivity contribution in [1.82, 2.24) is 0 Å². The molecule has 0 spiro atoms. The topological polar surface area (TPSA) is 279 Å². The summed E-state index contributed by atoms with van der Waals surface area (Å²) in [7, 11) is 0. The summed E-state index contributed by atoms with van der Waals surface area (Å²) in [6.45, 7) is 17.4. The quantitative estimate of drug-likeness (QED) is 0.106. The molecule has 0 aliphatic carbocycles. The number of carbonyl (C=O) groups excluding carboxylic acids is 3. The van der Waals surface area contributed by atoms with Crippen LogP contribution in [0, 0.1) is 0 Å². The van der Waals surface area contributed by atoms with Crippen molar-refractivity contribution in [2.24, 2.45) is 0 Å². The number of carboxylic acid groups (broad SMARTS) is 2. The molecule has 0 aromatic carbocycles. The van der Waals surface area contributed by atoms with E-state index in [4.69, 9.17) is 35.4 Å². The normalized spacial score (nSPS) is 7.19. The van der Waals surface area contributed by atoms with E-state index in [0.717, 1.165) is 31.8 Å². The Labute approximate surface area is 269 Å². The van der Waals surface area contributed by atoms with Gasteiger partial charge in [-0.25, -0.2) is 0 Å². The van der Waals surface area contributed by atoms with Gasteiger partial charge in [0, 0.05) is 68.3 Å². The second kappa shape index (κ2) is 90.1. The predicted octanol–water partition coefficient (Wildman–Crippen LogP) is 2.83. The smallest absolute Gasteiger partial charge is 0.305 e. The molecule has 0 saturated heterocycles. The van der Waals surface area contributed by atoms with Gasteiger partial charge in [0.2, 0.25) is 0 Å². The van der Waals surface area contributed by atoms with E-state index >= 15 is 0 Å². The van der Waals surface area contributed by atoms with Crippen molar-refractivity contribution in [2.75, 3.05) is 19.8 Å². The van der Waals surface area contributed by atoms with Crippen LogP contribution in [0.1, 0.15) is 123 Å². The molecule has 0 atom stereocenters. The number of esters is 1. The van der Waals surface area contributed by atoms with Crippen LogP contribution in [0.15, 0.2) is 0 Å². The predicted molar refractivity (Wildman–Crippen MR) is 165 cm³/mol. The molecule has 14 nitrogen and oxygen atoms in total. The largest absolute Gasteiger partial charge is 0.481 e. The maximum atomic E-state index is 10.3. The van der Waals surface area contributed by atoms with Crippen LogP contribution in [0.5, 0.6) is 0 Å². The number of aliphatic hydroxyl groups excluding tert-OH is 3. The van der Waals surface area contributed by atoms with E-state index in [9.17, 15) is 24.0 Å². The van der Waals surface area contributed by atoms with Gasteiger partial charge in [0.1, 0.15) is 12.6 Å². The first-order valence-electron chi connectivity index (χ1n) is 13.3. The molecule has 0 fully saturated rings. The third-order valence-electron chi connectivity index (χ3n) is 2.51. The van der Waals surface area contributed by atoms with Gasteiger partial charge in [-0.3, -0.25) is 14.4 Å². The fraction of sp³-hybridized carbons (Fsp3) is 0.815. The number of carbonyl (C=O) groups is 5. The number of carboxylic acids is 2. The SMILES string of the molecule is CCC(=O)O.CCC(=O)O.CCC(O)O.CCC=O.CCC=O.CCCO.CCCO.CCCOC(=O)CC.O.O.[HH].[HH].[Ir]. The number of aldehydes is 2. The van der Waals surface area contributed by atoms with Gasteiger partial charge in [-0.1, -0.05) is 62.3 Å². The summed E-state index contributed by atoms with van der Waals surface area (Å²) in [6, 6.07) is 0.